The number of nitrogens with zero attached hydrogens (tertiary/aromatic N) is 1. The number of para-hydroxylation sites is 1. The summed E-state index contributed by atoms with van der Waals surface area (Å²) >= 11 is 0. The van der Waals surface area contributed by atoms with Crippen LogP contribution in [0.3, 0.4) is 0 Å². The van der Waals surface area contributed by atoms with Crippen LogP contribution >= 0.6 is 0 Å². The Balaban J connectivity index is 1.60. The maximum atomic E-state index is 5.99. The minimum atomic E-state index is 0.830. The number of fused-ring (bicyclic) bond motifs is 1. The lowest BCUT2D eigenvalue weighted by molar-refractivity contribution is 0.482. The number of nitrogens with one attached hydrogen (secondary N) is 1. The van der Waals surface area contributed by atoms with Gasteiger partial charge in [-0.1, -0.05) is 73.7 Å². The molecular weight excluding hydrogens is 392 g/mol. The third-order valence-electron chi connectivity index (χ3n) is 5.63. The lowest BCUT2D eigenvalue weighted by atomic mass is 9.88. The largest absolute Gasteiger partial charge is 0.457 e. The highest BCUT2D eigenvalue weighted by atomic mass is 16.5. The minimum absolute atomic E-state index is 0.830. The summed E-state index contributed by atoms with van der Waals surface area (Å²) in [7, 11) is 0. The molecular formula is C29H24N2O. The van der Waals surface area contributed by atoms with Gasteiger partial charge in [0.25, 0.3) is 0 Å². The van der Waals surface area contributed by atoms with E-state index in [1.54, 1.807) is 0 Å². The second-order valence-electron chi connectivity index (χ2n) is 7.68. The predicted molar refractivity (Wildman–Crippen MR) is 132 cm³/mol. The second kappa shape index (κ2) is 8.94. The number of rotatable bonds is 6. The topological polar surface area (TPSA) is 37.9 Å². The van der Waals surface area contributed by atoms with E-state index >= 15 is 0 Å². The number of ether oxygens (including phenoxy) is 1. The lowest BCUT2D eigenvalue weighted by Crippen LogP contribution is -1.95. The standard InChI is InChI=1S/C29H24N2O/c1-2-27(21-13-16-26(17-14-21)32-25-11-7-4-8-12-25)29(22-9-5-3-6-10-22)23-15-18-28-24(19-23)20-30-31-28/h3-20H,2H2,1H3,(H,30,31)/b29-27+. The number of H-pyrrole nitrogens is 1. The maximum absolute atomic E-state index is 5.99. The van der Waals surface area contributed by atoms with Crippen LogP contribution < -0.4 is 4.74 Å². The van der Waals surface area contributed by atoms with Crippen molar-refractivity contribution in [3.8, 4) is 11.5 Å². The minimum Gasteiger partial charge on any atom is -0.457 e. The van der Waals surface area contributed by atoms with Crippen LogP contribution in [0.15, 0.2) is 109 Å². The molecule has 156 valence electrons. The Kier molecular flexibility index (Phi) is 5.54. The molecule has 0 radical (unpaired) electrons. The Morgan fingerprint density at radius 3 is 2.09 bits per heavy atom. The molecule has 5 aromatic rings. The van der Waals surface area contributed by atoms with Crippen LogP contribution in [0.5, 0.6) is 11.5 Å². The van der Waals surface area contributed by atoms with Crippen LogP contribution in [0.1, 0.15) is 30.0 Å². The zero-order chi connectivity index (χ0) is 21.8. The maximum Gasteiger partial charge on any atom is 0.127 e. The van der Waals surface area contributed by atoms with Gasteiger partial charge in [-0.25, -0.2) is 0 Å². The van der Waals surface area contributed by atoms with Crippen LogP contribution in [0, 0.1) is 0 Å². The van der Waals surface area contributed by atoms with Crippen molar-refractivity contribution in [1.82, 2.24) is 10.2 Å². The summed E-state index contributed by atoms with van der Waals surface area (Å²) in [4.78, 5) is 0. The Hall–Kier alpha value is -4.11. The van der Waals surface area contributed by atoms with Gasteiger partial charge in [0.05, 0.1) is 11.7 Å². The van der Waals surface area contributed by atoms with Gasteiger partial charge in [0.2, 0.25) is 0 Å². The fourth-order valence-electron chi connectivity index (χ4n) is 4.09. The Morgan fingerprint density at radius 1 is 0.719 bits per heavy atom. The first-order chi connectivity index (χ1) is 15.8. The molecule has 0 aliphatic rings. The fourth-order valence-corrected chi connectivity index (χ4v) is 4.09. The number of aromatic nitrogens is 2. The molecule has 5 rings (SSSR count). The van der Waals surface area contributed by atoms with E-state index in [4.69, 9.17) is 4.74 Å². The molecule has 0 fully saturated rings. The van der Waals surface area contributed by atoms with Gasteiger partial charge in [-0.2, -0.15) is 5.10 Å². The van der Waals surface area contributed by atoms with Gasteiger partial charge in [-0.3, -0.25) is 5.10 Å². The molecule has 0 amide bonds. The Labute approximate surface area is 188 Å². The van der Waals surface area contributed by atoms with Crippen LogP contribution in [0.25, 0.3) is 22.0 Å². The molecule has 0 spiro atoms. The summed E-state index contributed by atoms with van der Waals surface area (Å²) in [5, 5.41) is 8.34. The van der Waals surface area contributed by atoms with E-state index in [0.717, 1.165) is 28.8 Å². The fraction of sp³-hybridized carbons (Fsp3) is 0.0690. The molecule has 0 atom stereocenters. The average Bonchev–Trinajstić information content (AvgIpc) is 3.32. The van der Waals surface area contributed by atoms with Crippen LogP contribution in [-0.2, 0) is 0 Å². The number of benzene rings is 4. The quantitative estimate of drug-likeness (QED) is 0.288. The highest BCUT2D eigenvalue weighted by Crippen LogP contribution is 2.36. The smallest absolute Gasteiger partial charge is 0.127 e. The van der Waals surface area contributed by atoms with E-state index in [9.17, 15) is 0 Å². The third kappa shape index (κ3) is 4.06. The number of aromatic amines is 1. The van der Waals surface area contributed by atoms with Gasteiger partial charge in [0, 0.05) is 5.39 Å². The molecule has 0 unspecified atom stereocenters. The predicted octanol–water partition coefficient (Wildman–Crippen LogP) is 7.72. The van der Waals surface area contributed by atoms with Crippen LogP contribution in [-0.4, -0.2) is 10.2 Å². The summed E-state index contributed by atoms with van der Waals surface area (Å²) in [6.07, 6.45) is 2.79. The summed E-state index contributed by atoms with van der Waals surface area (Å²) in [6, 6.07) is 35.3. The molecule has 4 aromatic carbocycles. The van der Waals surface area contributed by atoms with E-state index in [1.807, 2.05) is 48.7 Å². The van der Waals surface area contributed by atoms with Gasteiger partial charge in [0.1, 0.15) is 11.5 Å². The van der Waals surface area contributed by atoms with Crippen LogP contribution in [0.2, 0.25) is 0 Å². The molecule has 0 saturated heterocycles. The third-order valence-corrected chi connectivity index (χ3v) is 5.63. The molecule has 0 bridgehead atoms. The van der Waals surface area contributed by atoms with Crippen molar-refractivity contribution >= 4 is 22.0 Å². The molecule has 0 aliphatic carbocycles. The van der Waals surface area contributed by atoms with Crippen molar-refractivity contribution in [2.24, 2.45) is 0 Å². The highest BCUT2D eigenvalue weighted by molar-refractivity contribution is 6.00. The zero-order valence-corrected chi connectivity index (χ0v) is 18.0. The van der Waals surface area contributed by atoms with Crippen molar-refractivity contribution in [3.05, 3.63) is 126 Å². The van der Waals surface area contributed by atoms with Crippen molar-refractivity contribution in [2.45, 2.75) is 13.3 Å². The summed E-state index contributed by atoms with van der Waals surface area (Å²) < 4.78 is 5.99. The normalized spacial score (nSPS) is 11.9. The van der Waals surface area contributed by atoms with Gasteiger partial charge < -0.3 is 4.74 Å². The summed E-state index contributed by atoms with van der Waals surface area (Å²) in [5.41, 5.74) is 7.17. The van der Waals surface area contributed by atoms with Crippen molar-refractivity contribution in [3.63, 3.8) is 0 Å². The molecule has 1 N–H and O–H groups in total. The van der Waals surface area contributed by atoms with E-state index in [0.29, 0.717) is 0 Å². The SMILES string of the molecule is CC/C(=C(/c1ccccc1)c1ccc2[nH]ncc2c1)c1ccc(Oc2ccccc2)cc1. The molecule has 0 saturated carbocycles. The van der Waals surface area contributed by atoms with E-state index in [-0.39, 0.29) is 0 Å². The van der Waals surface area contributed by atoms with E-state index in [2.05, 4.69) is 77.8 Å². The van der Waals surface area contributed by atoms with Gasteiger partial charge in [0.15, 0.2) is 0 Å². The van der Waals surface area contributed by atoms with Gasteiger partial charge >= 0.3 is 0 Å². The first-order valence-electron chi connectivity index (χ1n) is 10.9. The number of hydrogen-bond acceptors (Lipinski definition) is 2. The monoisotopic (exact) mass is 416 g/mol. The second-order valence-corrected chi connectivity index (χ2v) is 7.68. The Bertz CT molecular complexity index is 1350. The lowest BCUT2D eigenvalue weighted by Gasteiger charge is -2.17. The highest BCUT2D eigenvalue weighted by Gasteiger charge is 2.14. The van der Waals surface area contributed by atoms with Gasteiger partial charge in [-0.15, -0.1) is 0 Å². The van der Waals surface area contributed by atoms with Crippen molar-refractivity contribution in [1.29, 1.82) is 0 Å². The molecule has 3 nitrogen and oxygen atoms in total. The summed E-state index contributed by atoms with van der Waals surface area (Å²) in [5.74, 6) is 1.67. The molecule has 3 heteroatoms. The molecule has 1 heterocycles. The molecule has 32 heavy (non-hydrogen) atoms. The first kappa shape index (κ1) is 19.8. The average molecular weight is 417 g/mol. The van der Waals surface area contributed by atoms with Crippen molar-refractivity contribution in [2.75, 3.05) is 0 Å². The van der Waals surface area contributed by atoms with E-state index in [1.165, 1.54) is 27.8 Å². The van der Waals surface area contributed by atoms with Gasteiger partial charge in [-0.05, 0) is 70.7 Å². The number of hydrogen-bond donors (Lipinski definition) is 1. The molecule has 1 aromatic heterocycles. The van der Waals surface area contributed by atoms with Crippen LogP contribution in [0.4, 0.5) is 0 Å². The summed E-state index contributed by atoms with van der Waals surface area (Å²) in [6.45, 7) is 2.21. The van der Waals surface area contributed by atoms with Crippen molar-refractivity contribution < 1.29 is 4.74 Å². The number of allylic oxidation sites excluding steroid dienone is 1. The zero-order valence-electron chi connectivity index (χ0n) is 18.0. The molecule has 0 aliphatic heterocycles. The first-order valence-corrected chi connectivity index (χ1v) is 10.9. The Morgan fingerprint density at radius 2 is 1.38 bits per heavy atom. The van der Waals surface area contributed by atoms with E-state index < -0.39 is 0 Å².